The highest BCUT2D eigenvalue weighted by Gasteiger charge is 2.44. The predicted octanol–water partition coefficient (Wildman–Crippen LogP) is 2.94. The van der Waals surface area contributed by atoms with Crippen LogP contribution in [0.25, 0.3) is 0 Å². The van der Waals surface area contributed by atoms with E-state index in [4.69, 9.17) is 10.5 Å². The van der Waals surface area contributed by atoms with Crippen molar-refractivity contribution in [3.05, 3.63) is 65.5 Å². The van der Waals surface area contributed by atoms with Crippen molar-refractivity contribution in [2.75, 3.05) is 13.2 Å². The molecule has 2 aliphatic heterocycles. The van der Waals surface area contributed by atoms with Gasteiger partial charge in [-0.15, -0.1) is 0 Å². The molecule has 0 radical (unpaired) electrons. The highest BCUT2D eigenvalue weighted by molar-refractivity contribution is 5.86. The van der Waals surface area contributed by atoms with Crippen molar-refractivity contribution in [2.45, 2.75) is 50.2 Å². The third kappa shape index (κ3) is 5.52. The van der Waals surface area contributed by atoms with Crippen LogP contribution in [0, 0.1) is 23.4 Å². The molecule has 0 saturated carbocycles. The molecule has 9 heteroatoms. The number of rotatable bonds is 8. The third-order valence-electron chi connectivity index (χ3n) is 6.76. The van der Waals surface area contributed by atoms with Crippen LogP contribution < -0.4 is 15.8 Å². The Balaban J connectivity index is 1.27. The molecule has 2 aromatic carbocycles. The van der Waals surface area contributed by atoms with E-state index in [2.05, 4.69) is 5.32 Å². The molecular weight excluding hydrogens is 447 g/mol. The number of hydrogen-bond donors (Lipinski definition) is 2. The molecule has 182 valence electrons. The molecule has 3 atom stereocenters. The van der Waals surface area contributed by atoms with Gasteiger partial charge < -0.3 is 20.7 Å². The first-order chi connectivity index (χ1) is 16.3. The Labute approximate surface area is 196 Å². The van der Waals surface area contributed by atoms with E-state index in [1.54, 1.807) is 24.3 Å². The number of fused-ring (bicyclic) bond motifs is 2. The van der Waals surface area contributed by atoms with Gasteiger partial charge in [-0.05, 0) is 61.8 Å². The smallest absolute Gasteiger partial charge is 0.258 e. The highest BCUT2D eigenvalue weighted by Crippen LogP contribution is 2.40. The van der Waals surface area contributed by atoms with Gasteiger partial charge in [0.05, 0.1) is 6.54 Å². The Morgan fingerprint density at radius 2 is 1.68 bits per heavy atom. The van der Waals surface area contributed by atoms with Gasteiger partial charge >= 0.3 is 0 Å². The van der Waals surface area contributed by atoms with Crippen molar-refractivity contribution in [1.82, 2.24) is 10.2 Å². The van der Waals surface area contributed by atoms with Gasteiger partial charge in [0.25, 0.3) is 5.91 Å². The largest absolute Gasteiger partial charge is 0.484 e. The number of halogens is 3. The summed E-state index contributed by atoms with van der Waals surface area (Å²) >= 11 is 0. The minimum Gasteiger partial charge on any atom is -0.484 e. The van der Waals surface area contributed by atoms with Crippen LogP contribution in [0.3, 0.4) is 0 Å². The molecule has 0 unspecified atom stereocenters. The van der Waals surface area contributed by atoms with Gasteiger partial charge in [-0.3, -0.25) is 9.59 Å². The predicted molar refractivity (Wildman–Crippen MR) is 119 cm³/mol. The molecule has 4 rings (SSSR count). The van der Waals surface area contributed by atoms with Gasteiger partial charge in [0.1, 0.15) is 11.6 Å². The van der Waals surface area contributed by atoms with Gasteiger partial charge in [0.2, 0.25) is 5.91 Å². The molecule has 2 saturated heterocycles. The zero-order valence-corrected chi connectivity index (χ0v) is 18.7. The molecule has 2 aromatic rings. The van der Waals surface area contributed by atoms with Crippen LogP contribution in [0.5, 0.6) is 5.75 Å². The third-order valence-corrected chi connectivity index (χ3v) is 6.76. The van der Waals surface area contributed by atoms with Crippen LogP contribution in [0.4, 0.5) is 13.2 Å². The van der Waals surface area contributed by atoms with Crippen molar-refractivity contribution >= 4 is 11.8 Å². The fourth-order valence-electron chi connectivity index (χ4n) is 5.10. The van der Waals surface area contributed by atoms with Gasteiger partial charge in [0, 0.05) is 24.2 Å². The highest BCUT2D eigenvalue weighted by atomic mass is 19.2. The maximum atomic E-state index is 14.0. The Morgan fingerprint density at radius 1 is 1.03 bits per heavy atom. The van der Waals surface area contributed by atoms with Crippen LogP contribution in [0.1, 0.15) is 31.2 Å². The van der Waals surface area contributed by atoms with Crippen LogP contribution in [0.15, 0.2) is 42.5 Å². The summed E-state index contributed by atoms with van der Waals surface area (Å²) in [5.41, 5.74) is 6.39. The summed E-state index contributed by atoms with van der Waals surface area (Å²) in [4.78, 5) is 26.7. The normalized spacial score (nSPS) is 22.4. The van der Waals surface area contributed by atoms with Crippen molar-refractivity contribution < 1.29 is 27.5 Å². The number of amides is 2. The molecule has 2 bridgehead atoms. The summed E-state index contributed by atoms with van der Waals surface area (Å²) in [5.74, 6) is -3.06. The molecule has 0 aromatic heterocycles. The Hall–Kier alpha value is -3.07. The lowest BCUT2D eigenvalue weighted by Gasteiger charge is -2.41. The first-order valence-corrected chi connectivity index (χ1v) is 11.5. The second kappa shape index (κ2) is 10.5. The fraction of sp³-hybridized carbons (Fsp3) is 0.440. The SMILES string of the molecule is N[C@H](Cc1cc(F)c(F)cc1F)C1C[C@H]2CC[C@H](C1)N2C(=O)CNC(=O)COc1ccccc1. The van der Waals surface area contributed by atoms with Crippen LogP contribution in [0.2, 0.25) is 0 Å². The summed E-state index contributed by atoms with van der Waals surface area (Å²) in [7, 11) is 0. The second-order valence-electron chi connectivity index (χ2n) is 9.02. The minimum absolute atomic E-state index is 0.00503. The average Bonchev–Trinajstić information content (AvgIpc) is 3.09. The van der Waals surface area contributed by atoms with Crippen molar-refractivity contribution in [3.63, 3.8) is 0 Å². The van der Waals surface area contributed by atoms with Crippen molar-refractivity contribution in [1.29, 1.82) is 0 Å². The molecule has 2 heterocycles. The minimum atomic E-state index is -1.22. The molecule has 3 N–H and O–H groups in total. The number of nitrogens with one attached hydrogen (secondary N) is 1. The number of para-hydroxylation sites is 1. The number of carbonyl (C=O) groups excluding carboxylic acids is 2. The molecule has 6 nitrogen and oxygen atoms in total. The quantitative estimate of drug-likeness (QED) is 0.575. The topological polar surface area (TPSA) is 84.7 Å². The van der Waals surface area contributed by atoms with Crippen molar-refractivity contribution in [2.24, 2.45) is 11.7 Å². The van der Waals surface area contributed by atoms with E-state index in [1.165, 1.54) is 0 Å². The van der Waals surface area contributed by atoms with Gasteiger partial charge in [-0.2, -0.15) is 0 Å². The zero-order chi connectivity index (χ0) is 24.2. The number of ether oxygens (including phenoxy) is 1. The molecule has 0 spiro atoms. The van der Waals surface area contributed by atoms with E-state index >= 15 is 0 Å². The standard InChI is InChI=1S/C25H28F3N3O3/c26-20-12-22(28)21(27)10-15(20)11-23(29)16-8-17-6-7-18(9-16)31(17)25(33)13-30-24(32)14-34-19-4-2-1-3-5-19/h1-5,10,12,16-18,23H,6-9,11,13-14,29H2,(H,30,32)/t17-,18-,23-/m1/s1. The van der Waals surface area contributed by atoms with E-state index in [1.807, 2.05) is 11.0 Å². The lowest BCUT2D eigenvalue weighted by atomic mass is 9.82. The number of benzene rings is 2. The van der Waals surface area contributed by atoms with Crippen molar-refractivity contribution in [3.8, 4) is 5.75 Å². The number of nitrogens with zero attached hydrogens (tertiary/aromatic N) is 1. The molecule has 34 heavy (non-hydrogen) atoms. The first kappa shape index (κ1) is 24.1. The van der Waals surface area contributed by atoms with Gasteiger partial charge in [-0.25, -0.2) is 13.2 Å². The number of nitrogens with two attached hydrogens (primary N) is 1. The molecule has 2 fully saturated rings. The summed E-state index contributed by atoms with van der Waals surface area (Å²) in [6.45, 7) is -0.289. The maximum Gasteiger partial charge on any atom is 0.258 e. The first-order valence-electron chi connectivity index (χ1n) is 11.5. The molecule has 2 amide bonds. The molecular formula is C25H28F3N3O3. The Morgan fingerprint density at radius 3 is 2.35 bits per heavy atom. The number of carbonyl (C=O) groups is 2. The Kier molecular flexibility index (Phi) is 7.41. The lowest BCUT2D eigenvalue weighted by Crippen LogP contribution is -2.53. The van der Waals surface area contributed by atoms with E-state index in [0.29, 0.717) is 24.7 Å². The monoisotopic (exact) mass is 475 g/mol. The zero-order valence-electron chi connectivity index (χ0n) is 18.7. The van der Waals surface area contributed by atoms with Crippen LogP contribution in [-0.2, 0) is 16.0 Å². The van der Waals surface area contributed by atoms with E-state index in [0.717, 1.165) is 18.9 Å². The maximum absolute atomic E-state index is 14.0. The lowest BCUT2D eigenvalue weighted by molar-refractivity contribution is -0.137. The summed E-state index contributed by atoms with van der Waals surface area (Å²) in [6.07, 6.45) is 3.08. The Bertz CT molecular complexity index is 1020. The molecule has 0 aliphatic carbocycles. The van der Waals surface area contributed by atoms with Gasteiger partial charge in [0.15, 0.2) is 18.2 Å². The number of piperidine rings is 1. The molecule has 2 aliphatic rings. The summed E-state index contributed by atoms with van der Waals surface area (Å²) < 4.78 is 46.1. The second-order valence-corrected chi connectivity index (χ2v) is 9.02. The van der Waals surface area contributed by atoms with Crippen LogP contribution in [-0.4, -0.2) is 48.0 Å². The summed E-state index contributed by atoms with van der Waals surface area (Å²) in [6, 6.07) is 9.89. The van der Waals surface area contributed by atoms with E-state index < -0.39 is 23.5 Å². The summed E-state index contributed by atoms with van der Waals surface area (Å²) in [5, 5.41) is 2.61. The van der Waals surface area contributed by atoms with Gasteiger partial charge in [-0.1, -0.05) is 18.2 Å². The fourth-order valence-corrected chi connectivity index (χ4v) is 5.10. The van der Waals surface area contributed by atoms with E-state index in [-0.39, 0.29) is 55.0 Å². The number of hydrogen-bond acceptors (Lipinski definition) is 4. The van der Waals surface area contributed by atoms with E-state index in [9.17, 15) is 22.8 Å². The van der Waals surface area contributed by atoms with Crippen LogP contribution >= 0.6 is 0 Å². The average molecular weight is 476 g/mol.